The largest absolute Gasteiger partial charge is 0.316 e. The zero-order valence-corrected chi connectivity index (χ0v) is 12.6. The van der Waals surface area contributed by atoms with Gasteiger partial charge in [0, 0.05) is 30.1 Å². The third kappa shape index (κ3) is 4.43. The van der Waals surface area contributed by atoms with Crippen molar-refractivity contribution in [3.05, 3.63) is 0 Å². The van der Waals surface area contributed by atoms with Gasteiger partial charge in [-0.15, -0.1) is 0 Å². The quantitative estimate of drug-likeness (QED) is 0.741. The summed E-state index contributed by atoms with van der Waals surface area (Å²) in [5, 5.41) is 3.54. The van der Waals surface area contributed by atoms with Crippen molar-refractivity contribution >= 4 is 21.8 Å². The predicted octanol–water partition coefficient (Wildman–Crippen LogP) is 1.14. The molecule has 0 aliphatic carbocycles. The van der Waals surface area contributed by atoms with E-state index >= 15 is 0 Å². The predicted molar refractivity (Wildman–Crippen MR) is 75.0 cm³/mol. The Morgan fingerprint density at radius 1 is 1.35 bits per heavy atom. The van der Waals surface area contributed by atoms with Crippen molar-refractivity contribution in [1.29, 1.82) is 0 Å². The second-order valence-corrected chi connectivity index (χ2v) is 8.02. The Morgan fingerprint density at radius 3 is 2.71 bits per heavy atom. The molecule has 2 unspecified atom stereocenters. The highest BCUT2D eigenvalue weighted by Gasteiger charge is 2.33. The van der Waals surface area contributed by atoms with E-state index in [1.807, 2.05) is 18.7 Å². The fraction of sp³-hybridized carbons (Fsp3) is 1.00. The minimum Gasteiger partial charge on any atom is -0.316 e. The summed E-state index contributed by atoms with van der Waals surface area (Å²) in [5.41, 5.74) is 0. The third-order valence-corrected chi connectivity index (χ3v) is 6.43. The van der Waals surface area contributed by atoms with Gasteiger partial charge in [0.25, 0.3) is 0 Å². The minimum absolute atomic E-state index is 0.116. The van der Waals surface area contributed by atoms with E-state index in [9.17, 15) is 8.42 Å². The number of nitrogens with one attached hydrogen (secondary N) is 1. The van der Waals surface area contributed by atoms with Gasteiger partial charge in [-0.2, -0.15) is 16.1 Å². The van der Waals surface area contributed by atoms with Crippen molar-refractivity contribution in [2.45, 2.75) is 38.5 Å². The molecular formula is C11H24N2O2S2. The van der Waals surface area contributed by atoms with Crippen molar-refractivity contribution in [2.75, 3.05) is 31.1 Å². The standard InChI is InChI=1S/C11H24N2O2S2/c1-4-5-12-6-9-17(14,15)13-7-8-16-11(3)10(13)2/h10-12H,4-9H2,1-3H3. The lowest BCUT2D eigenvalue weighted by Gasteiger charge is -2.36. The number of rotatable bonds is 6. The second-order valence-electron chi connectivity index (χ2n) is 4.49. The van der Waals surface area contributed by atoms with Gasteiger partial charge in [0.2, 0.25) is 10.0 Å². The van der Waals surface area contributed by atoms with E-state index in [0.717, 1.165) is 18.7 Å². The lowest BCUT2D eigenvalue weighted by Crippen LogP contribution is -2.49. The molecule has 1 saturated heterocycles. The summed E-state index contributed by atoms with van der Waals surface area (Å²) in [7, 11) is -3.09. The molecule has 1 fully saturated rings. The van der Waals surface area contributed by atoms with Crippen LogP contribution in [0.5, 0.6) is 0 Å². The Hall–Kier alpha value is 0.220. The van der Waals surface area contributed by atoms with Crippen molar-refractivity contribution in [3.8, 4) is 0 Å². The molecule has 4 nitrogen and oxygen atoms in total. The molecule has 1 aliphatic rings. The van der Waals surface area contributed by atoms with Crippen LogP contribution in [0.1, 0.15) is 27.2 Å². The molecule has 0 aromatic carbocycles. The Labute approximate surface area is 110 Å². The zero-order chi connectivity index (χ0) is 12.9. The molecule has 2 atom stereocenters. The average molecular weight is 280 g/mol. The van der Waals surface area contributed by atoms with Gasteiger partial charge >= 0.3 is 0 Å². The summed E-state index contributed by atoms with van der Waals surface area (Å²) in [6, 6.07) is 0.116. The lowest BCUT2D eigenvalue weighted by molar-refractivity contribution is 0.340. The number of sulfonamides is 1. The van der Waals surface area contributed by atoms with Gasteiger partial charge in [0.15, 0.2) is 0 Å². The molecule has 1 heterocycles. The first-order chi connectivity index (χ1) is 7.99. The van der Waals surface area contributed by atoms with Gasteiger partial charge in [-0.25, -0.2) is 8.42 Å². The van der Waals surface area contributed by atoms with Crippen LogP contribution in [-0.2, 0) is 10.0 Å². The highest BCUT2D eigenvalue weighted by Crippen LogP contribution is 2.26. The Bertz CT molecular complexity index is 319. The van der Waals surface area contributed by atoms with E-state index < -0.39 is 10.0 Å². The monoisotopic (exact) mass is 280 g/mol. The highest BCUT2D eigenvalue weighted by atomic mass is 32.2. The van der Waals surface area contributed by atoms with E-state index in [-0.39, 0.29) is 11.8 Å². The molecule has 1 N–H and O–H groups in total. The lowest BCUT2D eigenvalue weighted by atomic mass is 10.2. The van der Waals surface area contributed by atoms with Crippen LogP contribution < -0.4 is 5.32 Å². The summed E-state index contributed by atoms with van der Waals surface area (Å²) in [5.74, 6) is 1.13. The first kappa shape index (κ1) is 15.3. The molecule has 0 bridgehead atoms. The molecule has 1 rings (SSSR count). The Kier molecular flexibility index (Phi) is 6.26. The molecule has 1 aliphatic heterocycles. The molecule has 0 aromatic rings. The first-order valence-corrected chi connectivity index (χ1v) is 8.96. The minimum atomic E-state index is -3.09. The van der Waals surface area contributed by atoms with Crippen LogP contribution in [0.2, 0.25) is 0 Å². The average Bonchev–Trinajstić information content (AvgIpc) is 2.28. The topological polar surface area (TPSA) is 49.4 Å². The van der Waals surface area contributed by atoms with Crippen LogP contribution in [-0.4, -0.2) is 55.2 Å². The van der Waals surface area contributed by atoms with E-state index in [1.54, 1.807) is 4.31 Å². The smallest absolute Gasteiger partial charge is 0.215 e. The fourth-order valence-corrected chi connectivity index (χ4v) is 4.91. The molecule has 0 amide bonds. The van der Waals surface area contributed by atoms with Crippen molar-refractivity contribution in [2.24, 2.45) is 0 Å². The summed E-state index contributed by atoms with van der Waals surface area (Å²) in [6.07, 6.45) is 1.04. The van der Waals surface area contributed by atoms with Crippen LogP contribution in [0.4, 0.5) is 0 Å². The van der Waals surface area contributed by atoms with E-state index in [2.05, 4.69) is 19.2 Å². The molecule has 0 aromatic heterocycles. The maximum atomic E-state index is 12.2. The van der Waals surface area contributed by atoms with Gasteiger partial charge in [0.1, 0.15) is 0 Å². The zero-order valence-electron chi connectivity index (χ0n) is 11.0. The molecular weight excluding hydrogens is 256 g/mol. The molecule has 0 radical (unpaired) electrons. The first-order valence-electron chi connectivity index (χ1n) is 6.31. The third-order valence-electron chi connectivity index (χ3n) is 3.15. The van der Waals surface area contributed by atoms with Gasteiger partial charge in [-0.3, -0.25) is 0 Å². The van der Waals surface area contributed by atoms with Crippen LogP contribution in [0, 0.1) is 0 Å². The summed E-state index contributed by atoms with van der Waals surface area (Å²) in [4.78, 5) is 0. The molecule has 6 heteroatoms. The molecule has 0 spiro atoms. The van der Waals surface area contributed by atoms with E-state index in [1.165, 1.54) is 0 Å². The highest BCUT2D eigenvalue weighted by molar-refractivity contribution is 8.00. The molecule has 0 saturated carbocycles. The summed E-state index contributed by atoms with van der Waals surface area (Å²) in [6.45, 7) is 8.29. The van der Waals surface area contributed by atoms with Crippen molar-refractivity contribution < 1.29 is 8.42 Å². The summed E-state index contributed by atoms with van der Waals surface area (Å²) >= 11 is 1.86. The van der Waals surface area contributed by atoms with Gasteiger partial charge in [-0.1, -0.05) is 13.8 Å². The van der Waals surface area contributed by atoms with Gasteiger partial charge < -0.3 is 5.32 Å². The summed E-state index contributed by atoms with van der Waals surface area (Å²) < 4.78 is 26.0. The molecule has 17 heavy (non-hydrogen) atoms. The SMILES string of the molecule is CCCNCCS(=O)(=O)N1CCSC(C)C1C. The normalized spacial score (nSPS) is 27.2. The maximum Gasteiger partial charge on any atom is 0.215 e. The molecule has 102 valence electrons. The number of thioether (sulfide) groups is 1. The van der Waals surface area contributed by atoms with Crippen molar-refractivity contribution in [3.63, 3.8) is 0 Å². The van der Waals surface area contributed by atoms with E-state index in [4.69, 9.17) is 0 Å². The van der Waals surface area contributed by atoms with Gasteiger partial charge in [0.05, 0.1) is 5.75 Å². The van der Waals surface area contributed by atoms with Crippen LogP contribution in [0.25, 0.3) is 0 Å². The van der Waals surface area contributed by atoms with Crippen LogP contribution in [0.3, 0.4) is 0 Å². The van der Waals surface area contributed by atoms with E-state index in [0.29, 0.717) is 18.3 Å². The van der Waals surface area contributed by atoms with Gasteiger partial charge in [-0.05, 0) is 19.9 Å². The second kappa shape index (κ2) is 6.97. The Balaban J connectivity index is 2.51. The van der Waals surface area contributed by atoms with Crippen LogP contribution in [0.15, 0.2) is 0 Å². The number of hydrogen-bond acceptors (Lipinski definition) is 4. The number of nitrogens with zero attached hydrogens (tertiary/aromatic N) is 1. The van der Waals surface area contributed by atoms with Crippen LogP contribution >= 0.6 is 11.8 Å². The van der Waals surface area contributed by atoms with Crippen molar-refractivity contribution in [1.82, 2.24) is 9.62 Å². The Morgan fingerprint density at radius 2 is 2.06 bits per heavy atom. The fourth-order valence-electron chi connectivity index (χ4n) is 1.92. The number of hydrogen-bond donors (Lipinski definition) is 1. The maximum absolute atomic E-state index is 12.2.